The van der Waals surface area contributed by atoms with Gasteiger partial charge in [-0.05, 0) is 44.4 Å². The Morgan fingerprint density at radius 1 is 1.30 bits per heavy atom. The Bertz CT molecular complexity index is 555. The van der Waals surface area contributed by atoms with E-state index < -0.39 is 5.60 Å². The summed E-state index contributed by atoms with van der Waals surface area (Å²) in [5.41, 5.74) is -0.459. The highest BCUT2D eigenvalue weighted by Crippen LogP contribution is 2.35. The second-order valence-electron chi connectivity index (χ2n) is 5.11. The van der Waals surface area contributed by atoms with Crippen molar-refractivity contribution < 1.29 is 9.53 Å². The fourth-order valence-electron chi connectivity index (χ4n) is 1.40. The van der Waals surface area contributed by atoms with Crippen LogP contribution >= 0.6 is 34.4 Å². The number of carbonyl (C=O) groups excluding carboxylic acids is 1. The molecule has 2 heterocycles. The van der Waals surface area contributed by atoms with Crippen molar-refractivity contribution in [3.05, 3.63) is 34.5 Å². The Kier molecular flexibility index (Phi) is 5.12. The summed E-state index contributed by atoms with van der Waals surface area (Å²) in [6.07, 6.45) is -0.377. The number of amides is 1. The maximum atomic E-state index is 11.6. The van der Waals surface area contributed by atoms with Crippen molar-refractivity contribution in [1.29, 1.82) is 0 Å². The van der Waals surface area contributed by atoms with Gasteiger partial charge in [-0.25, -0.2) is 4.79 Å². The molecule has 0 fully saturated rings. The summed E-state index contributed by atoms with van der Waals surface area (Å²) in [4.78, 5) is 12.7. The molecule has 1 N–H and O–H groups in total. The van der Waals surface area contributed by atoms with E-state index in [1.165, 1.54) is 8.42 Å². The minimum absolute atomic E-state index is 0.377. The van der Waals surface area contributed by atoms with Gasteiger partial charge in [-0.1, -0.05) is 17.8 Å². The van der Waals surface area contributed by atoms with Gasteiger partial charge in [0, 0.05) is 4.88 Å². The first-order valence-corrected chi connectivity index (χ1v) is 8.70. The predicted molar refractivity (Wildman–Crippen MR) is 85.8 cm³/mol. The molecule has 2 aromatic rings. The van der Waals surface area contributed by atoms with E-state index in [1.807, 2.05) is 32.9 Å². The molecule has 3 nitrogen and oxygen atoms in total. The standard InChI is InChI=1S/C14H17NO2S3/c1-14(2,3)17-13(16)15-9-10-6-7-12(19-10)20-11-5-4-8-18-11/h4-8H,9H2,1-3H3,(H,15,16). The molecule has 6 heteroatoms. The first kappa shape index (κ1) is 15.4. The van der Waals surface area contributed by atoms with Crippen LogP contribution in [0.25, 0.3) is 0 Å². The van der Waals surface area contributed by atoms with Crippen LogP contribution in [0.3, 0.4) is 0 Å². The number of alkyl carbamates (subject to hydrolysis) is 1. The van der Waals surface area contributed by atoms with Crippen LogP contribution < -0.4 is 5.32 Å². The molecule has 0 aliphatic rings. The van der Waals surface area contributed by atoms with E-state index in [-0.39, 0.29) is 6.09 Å². The maximum absolute atomic E-state index is 11.6. The second kappa shape index (κ2) is 6.65. The first-order chi connectivity index (χ1) is 9.42. The van der Waals surface area contributed by atoms with E-state index >= 15 is 0 Å². The van der Waals surface area contributed by atoms with Crippen molar-refractivity contribution >= 4 is 40.5 Å². The zero-order valence-electron chi connectivity index (χ0n) is 11.6. The van der Waals surface area contributed by atoms with Crippen LogP contribution in [-0.2, 0) is 11.3 Å². The zero-order chi connectivity index (χ0) is 14.6. The molecule has 108 valence electrons. The fraction of sp³-hybridized carbons (Fsp3) is 0.357. The fourth-order valence-corrected chi connectivity index (χ4v) is 4.55. The quantitative estimate of drug-likeness (QED) is 0.860. The number of ether oxygens (including phenoxy) is 1. The number of hydrogen-bond acceptors (Lipinski definition) is 5. The van der Waals surface area contributed by atoms with Gasteiger partial charge in [-0.3, -0.25) is 0 Å². The van der Waals surface area contributed by atoms with E-state index in [2.05, 4.69) is 22.8 Å². The van der Waals surface area contributed by atoms with E-state index in [0.29, 0.717) is 6.54 Å². The monoisotopic (exact) mass is 327 g/mol. The summed E-state index contributed by atoms with van der Waals surface area (Å²) in [5, 5.41) is 4.84. The summed E-state index contributed by atoms with van der Waals surface area (Å²) in [6.45, 7) is 6.07. The highest BCUT2D eigenvalue weighted by atomic mass is 32.2. The summed E-state index contributed by atoms with van der Waals surface area (Å²) >= 11 is 5.17. The lowest BCUT2D eigenvalue weighted by atomic mass is 10.2. The van der Waals surface area contributed by atoms with Gasteiger partial charge in [0.15, 0.2) is 0 Å². The van der Waals surface area contributed by atoms with Crippen molar-refractivity contribution in [2.45, 2.75) is 41.3 Å². The average molecular weight is 327 g/mol. The van der Waals surface area contributed by atoms with Crippen LogP contribution in [0.5, 0.6) is 0 Å². The molecule has 0 aliphatic heterocycles. The third kappa shape index (κ3) is 5.19. The Morgan fingerprint density at radius 2 is 2.10 bits per heavy atom. The summed E-state index contributed by atoms with van der Waals surface area (Å²) in [6, 6.07) is 8.28. The molecular formula is C14H17NO2S3. The van der Waals surface area contributed by atoms with Gasteiger partial charge in [0.1, 0.15) is 5.60 Å². The van der Waals surface area contributed by atoms with Crippen molar-refractivity contribution in [3.63, 3.8) is 0 Å². The van der Waals surface area contributed by atoms with Crippen LogP contribution in [0.1, 0.15) is 25.6 Å². The summed E-state index contributed by atoms with van der Waals surface area (Å²) in [5.74, 6) is 0. The lowest BCUT2D eigenvalue weighted by molar-refractivity contribution is 0.0524. The Hall–Kier alpha value is -0.980. The van der Waals surface area contributed by atoms with E-state index in [4.69, 9.17) is 4.74 Å². The van der Waals surface area contributed by atoms with E-state index in [9.17, 15) is 4.79 Å². The second-order valence-corrected chi connectivity index (χ2v) is 8.83. The topological polar surface area (TPSA) is 38.3 Å². The average Bonchev–Trinajstić information content (AvgIpc) is 2.96. The summed E-state index contributed by atoms with van der Waals surface area (Å²) < 4.78 is 7.71. The molecule has 0 atom stereocenters. The van der Waals surface area contributed by atoms with Gasteiger partial charge in [-0.2, -0.15) is 0 Å². The molecule has 0 aliphatic carbocycles. The predicted octanol–water partition coefficient (Wildman–Crippen LogP) is 4.99. The molecule has 1 amide bonds. The molecule has 2 aromatic heterocycles. The number of thiophene rings is 2. The van der Waals surface area contributed by atoms with Gasteiger partial charge in [0.25, 0.3) is 0 Å². The Morgan fingerprint density at radius 3 is 2.75 bits per heavy atom. The lowest BCUT2D eigenvalue weighted by Gasteiger charge is -2.19. The number of hydrogen-bond donors (Lipinski definition) is 1. The van der Waals surface area contributed by atoms with Crippen LogP contribution in [-0.4, -0.2) is 11.7 Å². The molecular weight excluding hydrogens is 310 g/mol. The zero-order valence-corrected chi connectivity index (χ0v) is 14.1. The van der Waals surface area contributed by atoms with E-state index in [1.54, 1.807) is 34.4 Å². The third-order valence-electron chi connectivity index (χ3n) is 2.14. The van der Waals surface area contributed by atoms with Crippen LogP contribution in [0, 0.1) is 0 Å². The molecule has 0 saturated carbocycles. The Balaban J connectivity index is 1.82. The smallest absolute Gasteiger partial charge is 0.407 e. The maximum Gasteiger partial charge on any atom is 0.407 e. The molecule has 20 heavy (non-hydrogen) atoms. The number of nitrogens with one attached hydrogen (secondary N) is 1. The minimum atomic E-state index is -0.459. The minimum Gasteiger partial charge on any atom is -0.444 e. The molecule has 0 saturated heterocycles. The number of carbonyl (C=O) groups is 1. The van der Waals surface area contributed by atoms with E-state index in [0.717, 1.165) is 4.88 Å². The summed E-state index contributed by atoms with van der Waals surface area (Å²) in [7, 11) is 0. The molecule has 0 radical (unpaired) electrons. The number of rotatable bonds is 4. The molecule has 0 bridgehead atoms. The van der Waals surface area contributed by atoms with Gasteiger partial charge >= 0.3 is 6.09 Å². The van der Waals surface area contributed by atoms with Gasteiger partial charge in [0.05, 0.1) is 15.0 Å². The lowest BCUT2D eigenvalue weighted by Crippen LogP contribution is -2.31. The van der Waals surface area contributed by atoms with Crippen molar-refractivity contribution in [2.24, 2.45) is 0 Å². The molecule has 0 spiro atoms. The van der Waals surface area contributed by atoms with Crippen molar-refractivity contribution in [3.8, 4) is 0 Å². The molecule has 0 unspecified atom stereocenters. The largest absolute Gasteiger partial charge is 0.444 e. The van der Waals surface area contributed by atoms with Gasteiger partial charge in [0.2, 0.25) is 0 Å². The highest BCUT2D eigenvalue weighted by Gasteiger charge is 2.15. The third-order valence-corrected chi connectivity index (χ3v) is 5.39. The van der Waals surface area contributed by atoms with Crippen LogP contribution in [0.2, 0.25) is 0 Å². The first-order valence-electron chi connectivity index (χ1n) is 6.19. The normalized spacial score (nSPS) is 11.3. The Labute approximate surface area is 131 Å². The SMILES string of the molecule is CC(C)(C)OC(=O)NCc1ccc(Sc2cccs2)s1. The molecule has 2 rings (SSSR count). The van der Waals surface area contributed by atoms with Crippen LogP contribution in [0.15, 0.2) is 38.1 Å². The van der Waals surface area contributed by atoms with Gasteiger partial charge in [-0.15, -0.1) is 22.7 Å². The highest BCUT2D eigenvalue weighted by molar-refractivity contribution is 8.02. The van der Waals surface area contributed by atoms with Crippen molar-refractivity contribution in [2.75, 3.05) is 0 Å². The van der Waals surface area contributed by atoms with Crippen molar-refractivity contribution in [1.82, 2.24) is 5.32 Å². The molecule has 0 aromatic carbocycles. The van der Waals surface area contributed by atoms with Crippen LogP contribution in [0.4, 0.5) is 4.79 Å². The van der Waals surface area contributed by atoms with Gasteiger partial charge < -0.3 is 10.1 Å².